The molecule has 0 aromatic heterocycles. The van der Waals surface area contributed by atoms with Crippen LogP contribution in [0.25, 0.3) is 0 Å². The van der Waals surface area contributed by atoms with Crippen LogP contribution in [0.5, 0.6) is 0 Å². The maximum absolute atomic E-state index is 13.3. The van der Waals surface area contributed by atoms with Gasteiger partial charge in [0.05, 0.1) is 11.4 Å². The van der Waals surface area contributed by atoms with E-state index in [0.29, 0.717) is 31.9 Å². The predicted molar refractivity (Wildman–Crippen MR) is 145 cm³/mol. The van der Waals surface area contributed by atoms with Crippen molar-refractivity contribution in [3.8, 4) is 0 Å². The van der Waals surface area contributed by atoms with E-state index in [-0.39, 0.29) is 22.9 Å². The number of amides is 2. The summed E-state index contributed by atoms with van der Waals surface area (Å²) in [5.74, 6) is -0.758. The molecule has 1 aliphatic rings. The van der Waals surface area contributed by atoms with Crippen LogP contribution in [-0.2, 0) is 14.8 Å². The Morgan fingerprint density at radius 1 is 0.892 bits per heavy atom. The standard InChI is InChI=1S/C28H32N4O4S/c1-21-12-13-22(2)26(18-21)29-27(33)20-30(3)28(34)23-8-7-11-25(19-23)37(35,36)32-16-14-31(15-17-32)24-9-5-4-6-10-24/h4-13,18-19H,14-17,20H2,1-3H3,(H,29,33). The Bertz CT molecular complexity index is 1380. The Kier molecular flexibility index (Phi) is 7.94. The fourth-order valence-electron chi connectivity index (χ4n) is 4.33. The van der Waals surface area contributed by atoms with Crippen LogP contribution in [0.1, 0.15) is 21.5 Å². The van der Waals surface area contributed by atoms with E-state index in [9.17, 15) is 18.0 Å². The third-order valence-corrected chi connectivity index (χ3v) is 8.37. The van der Waals surface area contributed by atoms with Crippen LogP contribution in [0.4, 0.5) is 11.4 Å². The number of anilines is 2. The average Bonchev–Trinajstić information content (AvgIpc) is 2.91. The summed E-state index contributed by atoms with van der Waals surface area (Å²) in [5.41, 5.74) is 3.93. The molecule has 1 heterocycles. The first-order chi connectivity index (χ1) is 17.6. The van der Waals surface area contributed by atoms with E-state index in [2.05, 4.69) is 10.2 Å². The lowest BCUT2D eigenvalue weighted by Gasteiger charge is -2.35. The van der Waals surface area contributed by atoms with Gasteiger partial charge in [-0.05, 0) is 61.4 Å². The van der Waals surface area contributed by atoms with Crippen LogP contribution in [0.3, 0.4) is 0 Å². The molecule has 0 radical (unpaired) electrons. The van der Waals surface area contributed by atoms with Crippen LogP contribution in [-0.4, -0.2) is 69.2 Å². The smallest absolute Gasteiger partial charge is 0.254 e. The van der Waals surface area contributed by atoms with Crippen LogP contribution >= 0.6 is 0 Å². The summed E-state index contributed by atoms with van der Waals surface area (Å²) in [7, 11) is -2.24. The van der Waals surface area contributed by atoms with E-state index in [1.54, 1.807) is 12.1 Å². The maximum Gasteiger partial charge on any atom is 0.254 e. The minimum Gasteiger partial charge on any atom is -0.369 e. The van der Waals surface area contributed by atoms with Gasteiger partial charge in [-0.25, -0.2) is 8.42 Å². The quantitative estimate of drug-likeness (QED) is 0.515. The van der Waals surface area contributed by atoms with Crippen molar-refractivity contribution in [2.45, 2.75) is 18.7 Å². The molecule has 1 N–H and O–H groups in total. The molecule has 0 unspecified atom stereocenters. The van der Waals surface area contributed by atoms with Crippen LogP contribution in [0, 0.1) is 13.8 Å². The molecule has 1 fully saturated rings. The Morgan fingerprint density at radius 3 is 2.30 bits per heavy atom. The Labute approximate surface area is 218 Å². The van der Waals surface area contributed by atoms with Crippen molar-refractivity contribution in [1.82, 2.24) is 9.21 Å². The minimum atomic E-state index is -3.77. The molecule has 0 bridgehead atoms. The number of sulfonamides is 1. The SMILES string of the molecule is Cc1ccc(C)c(NC(=O)CN(C)C(=O)c2cccc(S(=O)(=O)N3CCN(c4ccccc4)CC3)c2)c1. The van der Waals surface area contributed by atoms with E-state index in [1.165, 1.54) is 28.4 Å². The fraction of sp³-hybridized carbons (Fsp3) is 0.286. The van der Waals surface area contributed by atoms with Crippen molar-refractivity contribution < 1.29 is 18.0 Å². The van der Waals surface area contributed by atoms with Crippen molar-refractivity contribution in [3.05, 3.63) is 89.5 Å². The van der Waals surface area contributed by atoms with Gasteiger partial charge in [0.25, 0.3) is 5.91 Å². The van der Waals surface area contributed by atoms with Crippen molar-refractivity contribution in [3.63, 3.8) is 0 Å². The largest absolute Gasteiger partial charge is 0.369 e. The second kappa shape index (κ2) is 11.1. The summed E-state index contributed by atoms with van der Waals surface area (Å²) >= 11 is 0. The summed E-state index contributed by atoms with van der Waals surface area (Å²) in [5, 5.41) is 2.84. The monoisotopic (exact) mass is 520 g/mol. The van der Waals surface area contributed by atoms with E-state index in [4.69, 9.17) is 0 Å². The van der Waals surface area contributed by atoms with E-state index in [0.717, 1.165) is 16.8 Å². The second-order valence-corrected chi connectivity index (χ2v) is 11.2. The number of carbonyl (C=O) groups is 2. The summed E-state index contributed by atoms with van der Waals surface area (Å²) in [6, 6.07) is 21.7. The number of nitrogens with zero attached hydrogens (tertiary/aromatic N) is 3. The van der Waals surface area contributed by atoms with Crippen LogP contribution < -0.4 is 10.2 Å². The highest BCUT2D eigenvalue weighted by Gasteiger charge is 2.29. The number of likely N-dealkylation sites (N-methyl/N-ethyl adjacent to an activating group) is 1. The van der Waals surface area contributed by atoms with Gasteiger partial charge in [-0.3, -0.25) is 9.59 Å². The van der Waals surface area contributed by atoms with Gasteiger partial charge in [0, 0.05) is 50.2 Å². The molecule has 0 saturated carbocycles. The molecule has 3 aromatic rings. The molecule has 8 nitrogen and oxygen atoms in total. The number of hydrogen-bond donors (Lipinski definition) is 1. The molecule has 0 aliphatic carbocycles. The highest BCUT2D eigenvalue weighted by atomic mass is 32.2. The van der Waals surface area contributed by atoms with Gasteiger partial charge in [-0.1, -0.05) is 36.4 Å². The molecule has 1 aliphatic heterocycles. The zero-order valence-electron chi connectivity index (χ0n) is 21.3. The summed E-state index contributed by atoms with van der Waals surface area (Å²) in [6.07, 6.45) is 0. The maximum atomic E-state index is 13.3. The molecule has 0 spiro atoms. The van der Waals surface area contributed by atoms with Gasteiger partial charge in [-0.2, -0.15) is 4.31 Å². The Hall–Kier alpha value is -3.69. The molecule has 9 heteroatoms. The number of piperazine rings is 1. The zero-order valence-corrected chi connectivity index (χ0v) is 22.2. The molecule has 3 aromatic carbocycles. The summed E-state index contributed by atoms with van der Waals surface area (Å²) < 4.78 is 28.1. The molecular formula is C28H32N4O4S. The molecule has 37 heavy (non-hydrogen) atoms. The fourth-order valence-corrected chi connectivity index (χ4v) is 5.80. The normalized spacial score (nSPS) is 14.3. The third kappa shape index (κ3) is 6.18. The lowest BCUT2D eigenvalue weighted by Crippen LogP contribution is -2.48. The van der Waals surface area contributed by atoms with Crippen molar-refractivity contribution in [2.24, 2.45) is 0 Å². The minimum absolute atomic E-state index is 0.0692. The Morgan fingerprint density at radius 2 is 1.59 bits per heavy atom. The first kappa shape index (κ1) is 26.4. The van der Waals surface area contributed by atoms with Gasteiger partial charge in [0.2, 0.25) is 15.9 Å². The third-order valence-electron chi connectivity index (χ3n) is 6.47. The van der Waals surface area contributed by atoms with Crippen molar-refractivity contribution in [1.29, 1.82) is 0 Å². The Balaban J connectivity index is 1.40. The summed E-state index contributed by atoms with van der Waals surface area (Å²) in [4.78, 5) is 29.1. The summed E-state index contributed by atoms with van der Waals surface area (Å²) in [6.45, 7) is 5.55. The average molecular weight is 521 g/mol. The van der Waals surface area contributed by atoms with Gasteiger partial charge in [-0.15, -0.1) is 0 Å². The van der Waals surface area contributed by atoms with Gasteiger partial charge in [0.1, 0.15) is 0 Å². The molecule has 194 valence electrons. The molecule has 2 amide bonds. The first-order valence-corrected chi connectivity index (χ1v) is 13.6. The van der Waals surface area contributed by atoms with Crippen LogP contribution in [0.15, 0.2) is 77.7 Å². The lowest BCUT2D eigenvalue weighted by molar-refractivity contribution is -0.116. The number of aryl methyl sites for hydroxylation is 2. The van der Waals surface area contributed by atoms with Crippen molar-refractivity contribution >= 4 is 33.2 Å². The molecule has 4 rings (SSSR count). The highest BCUT2D eigenvalue weighted by molar-refractivity contribution is 7.89. The predicted octanol–water partition coefficient (Wildman–Crippen LogP) is 3.53. The zero-order chi connectivity index (χ0) is 26.6. The van der Waals surface area contributed by atoms with Gasteiger partial charge in [0.15, 0.2) is 0 Å². The van der Waals surface area contributed by atoms with E-state index < -0.39 is 15.9 Å². The number of rotatable bonds is 7. The van der Waals surface area contributed by atoms with Crippen LogP contribution in [0.2, 0.25) is 0 Å². The van der Waals surface area contributed by atoms with Gasteiger partial charge >= 0.3 is 0 Å². The van der Waals surface area contributed by atoms with E-state index >= 15 is 0 Å². The lowest BCUT2D eigenvalue weighted by atomic mass is 10.1. The molecular weight excluding hydrogens is 488 g/mol. The second-order valence-electron chi connectivity index (χ2n) is 9.28. The van der Waals surface area contributed by atoms with E-state index in [1.807, 2.05) is 62.4 Å². The topological polar surface area (TPSA) is 90.0 Å². The number of nitrogens with one attached hydrogen (secondary N) is 1. The molecule has 0 atom stereocenters. The van der Waals surface area contributed by atoms with Gasteiger partial charge < -0.3 is 15.1 Å². The number of benzene rings is 3. The number of carbonyl (C=O) groups excluding carboxylic acids is 2. The van der Waals surface area contributed by atoms with Crippen molar-refractivity contribution in [2.75, 3.05) is 50.0 Å². The first-order valence-electron chi connectivity index (χ1n) is 12.2. The number of hydrogen-bond acceptors (Lipinski definition) is 5. The number of para-hydroxylation sites is 1. The molecule has 1 saturated heterocycles. The highest BCUT2D eigenvalue weighted by Crippen LogP contribution is 2.22.